The first kappa shape index (κ1) is 17.4. The SMILES string of the molecule is CC(=O)N(c1ccccc1)c1nc(/C=C/C(=O)NC(C)C2CC2)cs1. The molecular formula is C19H21N3O2S. The fourth-order valence-electron chi connectivity index (χ4n) is 2.61. The molecule has 0 aliphatic heterocycles. The summed E-state index contributed by atoms with van der Waals surface area (Å²) >= 11 is 1.37. The van der Waals surface area contributed by atoms with Gasteiger partial charge in [0.25, 0.3) is 0 Å². The van der Waals surface area contributed by atoms with Crippen molar-refractivity contribution < 1.29 is 9.59 Å². The van der Waals surface area contributed by atoms with Crippen molar-refractivity contribution in [3.63, 3.8) is 0 Å². The summed E-state index contributed by atoms with van der Waals surface area (Å²) in [5.74, 6) is 0.408. The van der Waals surface area contributed by atoms with Gasteiger partial charge in [0.15, 0.2) is 5.13 Å². The number of para-hydroxylation sites is 1. The van der Waals surface area contributed by atoms with Gasteiger partial charge in [-0.1, -0.05) is 18.2 Å². The lowest BCUT2D eigenvalue weighted by Gasteiger charge is -2.17. The van der Waals surface area contributed by atoms with E-state index in [1.54, 1.807) is 11.0 Å². The van der Waals surface area contributed by atoms with Crippen LogP contribution in [0.3, 0.4) is 0 Å². The molecule has 0 radical (unpaired) electrons. The molecule has 1 heterocycles. The summed E-state index contributed by atoms with van der Waals surface area (Å²) < 4.78 is 0. The van der Waals surface area contributed by atoms with E-state index in [0.29, 0.717) is 16.7 Å². The highest BCUT2D eigenvalue weighted by Crippen LogP contribution is 2.32. The molecule has 0 saturated heterocycles. The molecule has 1 atom stereocenters. The maximum absolute atomic E-state index is 12.0. The van der Waals surface area contributed by atoms with Gasteiger partial charge in [0.2, 0.25) is 11.8 Å². The van der Waals surface area contributed by atoms with Crippen LogP contribution in [0.4, 0.5) is 10.8 Å². The maximum Gasteiger partial charge on any atom is 0.244 e. The van der Waals surface area contributed by atoms with Crippen LogP contribution in [0.25, 0.3) is 6.08 Å². The highest BCUT2D eigenvalue weighted by Gasteiger charge is 2.28. The first-order valence-corrected chi connectivity index (χ1v) is 9.22. The lowest BCUT2D eigenvalue weighted by Crippen LogP contribution is -2.32. The molecule has 0 bridgehead atoms. The molecule has 1 aromatic carbocycles. The van der Waals surface area contributed by atoms with Crippen molar-refractivity contribution in [2.75, 3.05) is 4.90 Å². The summed E-state index contributed by atoms with van der Waals surface area (Å²) in [5, 5.41) is 5.39. The monoisotopic (exact) mass is 355 g/mol. The predicted molar refractivity (Wildman–Crippen MR) is 101 cm³/mol. The van der Waals surface area contributed by atoms with Crippen LogP contribution in [0.1, 0.15) is 32.4 Å². The summed E-state index contributed by atoms with van der Waals surface area (Å²) in [5.41, 5.74) is 1.44. The summed E-state index contributed by atoms with van der Waals surface area (Å²) in [7, 11) is 0. The molecule has 1 saturated carbocycles. The number of carbonyl (C=O) groups excluding carboxylic acids is 2. The van der Waals surface area contributed by atoms with Crippen LogP contribution in [0.2, 0.25) is 0 Å². The quantitative estimate of drug-likeness (QED) is 0.803. The number of anilines is 2. The summed E-state index contributed by atoms with van der Waals surface area (Å²) in [6.07, 6.45) is 5.57. The Bertz CT molecular complexity index is 781. The second-order valence-electron chi connectivity index (χ2n) is 6.21. The van der Waals surface area contributed by atoms with Crippen LogP contribution >= 0.6 is 11.3 Å². The van der Waals surface area contributed by atoms with Gasteiger partial charge in [-0.15, -0.1) is 11.3 Å². The van der Waals surface area contributed by atoms with E-state index in [1.807, 2.05) is 42.6 Å². The Kier molecular flexibility index (Phi) is 5.28. The third-order valence-electron chi connectivity index (χ3n) is 4.13. The standard InChI is InChI=1S/C19H21N3O2S/c1-13(15-8-9-15)20-18(24)11-10-16-12-25-19(21-16)22(14(2)23)17-6-4-3-5-7-17/h3-7,10-13,15H,8-9H2,1-2H3,(H,20,24)/b11-10+. The lowest BCUT2D eigenvalue weighted by atomic mass is 10.2. The zero-order valence-corrected chi connectivity index (χ0v) is 15.1. The Balaban J connectivity index is 1.69. The van der Waals surface area contributed by atoms with Gasteiger partial charge >= 0.3 is 0 Å². The first-order chi connectivity index (χ1) is 12.0. The normalized spacial score (nSPS) is 15.1. The number of hydrogen-bond acceptors (Lipinski definition) is 4. The molecule has 25 heavy (non-hydrogen) atoms. The van der Waals surface area contributed by atoms with Crippen LogP contribution in [0.5, 0.6) is 0 Å². The fraction of sp³-hybridized carbons (Fsp3) is 0.316. The van der Waals surface area contributed by atoms with Gasteiger partial charge in [-0.3, -0.25) is 14.5 Å². The van der Waals surface area contributed by atoms with Crippen molar-refractivity contribution in [1.29, 1.82) is 0 Å². The summed E-state index contributed by atoms with van der Waals surface area (Å²) in [6, 6.07) is 9.61. The molecule has 2 aromatic rings. The molecule has 130 valence electrons. The van der Waals surface area contributed by atoms with Gasteiger partial charge in [-0.25, -0.2) is 4.98 Å². The van der Waals surface area contributed by atoms with E-state index < -0.39 is 0 Å². The van der Waals surface area contributed by atoms with Gasteiger partial charge in [0.1, 0.15) is 0 Å². The number of hydrogen-bond donors (Lipinski definition) is 1. The average molecular weight is 355 g/mol. The Hall–Kier alpha value is -2.47. The van der Waals surface area contributed by atoms with Crippen molar-refractivity contribution >= 4 is 40.0 Å². The molecule has 1 aliphatic carbocycles. The molecule has 1 unspecified atom stereocenters. The van der Waals surface area contributed by atoms with Gasteiger partial charge in [0, 0.05) is 24.4 Å². The zero-order valence-electron chi connectivity index (χ0n) is 14.3. The van der Waals surface area contributed by atoms with Gasteiger partial charge in [-0.05, 0) is 43.9 Å². The Labute approximate surface area is 151 Å². The lowest BCUT2D eigenvalue weighted by molar-refractivity contribution is -0.117. The van der Waals surface area contributed by atoms with Crippen molar-refractivity contribution in [2.45, 2.75) is 32.7 Å². The molecule has 5 nitrogen and oxygen atoms in total. The molecule has 1 aromatic heterocycles. The number of thiazole rings is 1. The summed E-state index contributed by atoms with van der Waals surface area (Å²) in [4.78, 5) is 30.0. The highest BCUT2D eigenvalue weighted by atomic mass is 32.1. The van der Waals surface area contributed by atoms with Crippen LogP contribution in [-0.2, 0) is 9.59 Å². The molecule has 2 amide bonds. The molecule has 1 fully saturated rings. The smallest absolute Gasteiger partial charge is 0.244 e. The number of carbonyl (C=O) groups is 2. The van der Waals surface area contributed by atoms with Crippen LogP contribution in [0.15, 0.2) is 41.8 Å². The Morgan fingerprint density at radius 1 is 1.32 bits per heavy atom. The van der Waals surface area contributed by atoms with Crippen molar-refractivity contribution in [3.05, 3.63) is 47.5 Å². The molecule has 1 aliphatic rings. The van der Waals surface area contributed by atoms with E-state index >= 15 is 0 Å². The molecule has 0 spiro atoms. The van der Waals surface area contributed by atoms with Gasteiger partial charge in [-0.2, -0.15) is 0 Å². The van der Waals surface area contributed by atoms with E-state index in [0.717, 1.165) is 5.69 Å². The van der Waals surface area contributed by atoms with Gasteiger partial charge in [0.05, 0.1) is 11.4 Å². The molecule has 3 rings (SSSR count). The van der Waals surface area contributed by atoms with Crippen molar-refractivity contribution in [2.24, 2.45) is 5.92 Å². The first-order valence-electron chi connectivity index (χ1n) is 8.34. The summed E-state index contributed by atoms with van der Waals surface area (Å²) in [6.45, 7) is 3.55. The highest BCUT2D eigenvalue weighted by molar-refractivity contribution is 7.14. The van der Waals surface area contributed by atoms with Crippen molar-refractivity contribution in [1.82, 2.24) is 10.3 Å². The second kappa shape index (κ2) is 7.61. The zero-order chi connectivity index (χ0) is 17.8. The van der Waals surface area contributed by atoms with E-state index in [4.69, 9.17) is 0 Å². The minimum absolute atomic E-state index is 0.105. The Morgan fingerprint density at radius 2 is 2.04 bits per heavy atom. The number of benzene rings is 1. The van der Waals surface area contributed by atoms with Crippen LogP contribution < -0.4 is 10.2 Å². The van der Waals surface area contributed by atoms with Crippen LogP contribution in [-0.4, -0.2) is 22.8 Å². The van der Waals surface area contributed by atoms with E-state index in [-0.39, 0.29) is 17.9 Å². The average Bonchev–Trinajstić information content (AvgIpc) is 3.34. The number of rotatable bonds is 6. The van der Waals surface area contributed by atoms with E-state index in [9.17, 15) is 9.59 Å². The molecule has 6 heteroatoms. The number of amides is 2. The van der Waals surface area contributed by atoms with Gasteiger partial charge < -0.3 is 5.32 Å². The fourth-order valence-corrected chi connectivity index (χ4v) is 3.46. The minimum atomic E-state index is -0.111. The predicted octanol–water partition coefficient (Wildman–Crippen LogP) is 3.76. The van der Waals surface area contributed by atoms with Crippen molar-refractivity contribution in [3.8, 4) is 0 Å². The number of aromatic nitrogens is 1. The molecule has 1 N–H and O–H groups in total. The topological polar surface area (TPSA) is 62.3 Å². The van der Waals surface area contributed by atoms with E-state index in [1.165, 1.54) is 37.2 Å². The van der Waals surface area contributed by atoms with Crippen LogP contribution in [0, 0.1) is 5.92 Å². The third-order valence-corrected chi connectivity index (χ3v) is 4.98. The second-order valence-corrected chi connectivity index (χ2v) is 7.05. The molecular weight excluding hydrogens is 334 g/mol. The number of nitrogens with zero attached hydrogens (tertiary/aromatic N) is 2. The van der Waals surface area contributed by atoms with E-state index in [2.05, 4.69) is 10.3 Å². The maximum atomic E-state index is 12.0. The minimum Gasteiger partial charge on any atom is -0.350 e. The largest absolute Gasteiger partial charge is 0.350 e. The Morgan fingerprint density at radius 3 is 2.68 bits per heavy atom. The number of nitrogens with one attached hydrogen (secondary N) is 1. The third kappa shape index (κ3) is 4.54.